The SMILES string of the molecule is COC(=O)CCC(N)c1cc2c(cc1Br)OCCCO2. The predicted octanol–water partition coefficient (Wildman–Crippen LogP) is 2.56. The lowest BCUT2D eigenvalue weighted by Crippen LogP contribution is -2.14. The van der Waals surface area contributed by atoms with Crippen molar-refractivity contribution < 1.29 is 19.0 Å². The number of rotatable bonds is 4. The van der Waals surface area contributed by atoms with Crippen molar-refractivity contribution in [3.05, 3.63) is 22.2 Å². The molecule has 6 heteroatoms. The average molecular weight is 344 g/mol. The summed E-state index contributed by atoms with van der Waals surface area (Å²) in [6.45, 7) is 1.28. The van der Waals surface area contributed by atoms with Crippen LogP contribution in [0.15, 0.2) is 16.6 Å². The number of carbonyl (C=O) groups excluding carboxylic acids is 1. The molecule has 0 spiro atoms. The second-order valence-electron chi connectivity index (χ2n) is 4.59. The van der Waals surface area contributed by atoms with Crippen molar-refractivity contribution >= 4 is 21.9 Å². The fourth-order valence-corrected chi connectivity index (χ4v) is 2.63. The third-order valence-corrected chi connectivity index (χ3v) is 3.84. The molecule has 0 aromatic heterocycles. The maximum absolute atomic E-state index is 11.2. The second-order valence-corrected chi connectivity index (χ2v) is 5.45. The molecular weight excluding hydrogens is 326 g/mol. The number of benzene rings is 1. The van der Waals surface area contributed by atoms with E-state index in [0.29, 0.717) is 31.8 Å². The standard InChI is InChI=1S/C14H18BrNO4/c1-18-14(17)4-3-11(16)9-7-12-13(8-10(9)15)20-6-2-5-19-12/h7-8,11H,2-6,16H2,1H3. The third-order valence-electron chi connectivity index (χ3n) is 3.15. The lowest BCUT2D eigenvalue weighted by Gasteiger charge is -2.16. The van der Waals surface area contributed by atoms with Gasteiger partial charge in [0, 0.05) is 23.4 Å². The van der Waals surface area contributed by atoms with Crippen molar-refractivity contribution in [2.45, 2.75) is 25.3 Å². The number of nitrogens with two attached hydrogens (primary N) is 1. The van der Waals surface area contributed by atoms with E-state index in [9.17, 15) is 4.79 Å². The predicted molar refractivity (Wildman–Crippen MR) is 77.9 cm³/mol. The highest BCUT2D eigenvalue weighted by atomic mass is 79.9. The van der Waals surface area contributed by atoms with Gasteiger partial charge in [0.05, 0.1) is 20.3 Å². The van der Waals surface area contributed by atoms with Gasteiger partial charge < -0.3 is 19.9 Å². The maximum atomic E-state index is 11.2. The first-order valence-electron chi connectivity index (χ1n) is 6.53. The fourth-order valence-electron chi connectivity index (χ4n) is 2.01. The summed E-state index contributed by atoms with van der Waals surface area (Å²) in [6, 6.07) is 3.49. The van der Waals surface area contributed by atoms with Crippen LogP contribution in [0.3, 0.4) is 0 Å². The average Bonchev–Trinajstić information content (AvgIpc) is 2.68. The quantitative estimate of drug-likeness (QED) is 0.850. The highest BCUT2D eigenvalue weighted by molar-refractivity contribution is 9.10. The Labute approximate surface area is 126 Å². The zero-order valence-corrected chi connectivity index (χ0v) is 12.9. The molecule has 5 nitrogen and oxygen atoms in total. The van der Waals surface area contributed by atoms with Crippen molar-refractivity contribution in [2.75, 3.05) is 20.3 Å². The Bertz CT molecular complexity index is 492. The van der Waals surface area contributed by atoms with Gasteiger partial charge in [0.2, 0.25) is 0 Å². The number of fused-ring (bicyclic) bond motifs is 1. The van der Waals surface area contributed by atoms with Crippen LogP contribution in [0.25, 0.3) is 0 Å². The number of methoxy groups -OCH3 is 1. The van der Waals surface area contributed by atoms with E-state index in [2.05, 4.69) is 20.7 Å². The first kappa shape index (κ1) is 15.1. The molecule has 1 aromatic rings. The highest BCUT2D eigenvalue weighted by Crippen LogP contribution is 2.37. The van der Waals surface area contributed by atoms with E-state index in [1.165, 1.54) is 7.11 Å². The molecular formula is C14H18BrNO4. The zero-order valence-electron chi connectivity index (χ0n) is 11.4. The molecule has 0 saturated heterocycles. The van der Waals surface area contributed by atoms with Gasteiger partial charge in [0.25, 0.3) is 0 Å². The van der Waals surface area contributed by atoms with Crippen LogP contribution in [0, 0.1) is 0 Å². The Morgan fingerprint density at radius 3 is 2.70 bits per heavy atom. The van der Waals surface area contributed by atoms with Gasteiger partial charge in [0.1, 0.15) is 0 Å². The van der Waals surface area contributed by atoms with Crippen molar-refractivity contribution in [3.63, 3.8) is 0 Å². The summed E-state index contributed by atoms with van der Waals surface area (Å²) >= 11 is 3.49. The van der Waals surface area contributed by atoms with Gasteiger partial charge in [-0.1, -0.05) is 15.9 Å². The van der Waals surface area contributed by atoms with Gasteiger partial charge in [-0.15, -0.1) is 0 Å². The molecule has 0 amide bonds. The van der Waals surface area contributed by atoms with Gasteiger partial charge in [-0.05, 0) is 24.1 Å². The molecule has 1 aliphatic heterocycles. The fraction of sp³-hybridized carbons (Fsp3) is 0.500. The molecule has 0 aliphatic carbocycles. The molecule has 110 valence electrons. The lowest BCUT2D eigenvalue weighted by molar-refractivity contribution is -0.140. The van der Waals surface area contributed by atoms with E-state index >= 15 is 0 Å². The molecule has 1 aromatic carbocycles. The molecule has 0 fully saturated rings. The molecule has 1 atom stereocenters. The summed E-state index contributed by atoms with van der Waals surface area (Å²) in [6.07, 6.45) is 1.67. The van der Waals surface area contributed by atoms with Crippen LogP contribution in [0.5, 0.6) is 11.5 Å². The molecule has 2 rings (SSSR count). The minimum atomic E-state index is -0.263. The summed E-state index contributed by atoms with van der Waals surface area (Å²) < 4.78 is 16.7. The van der Waals surface area contributed by atoms with E-state index in [1.54, 1.807) is 0 Å². The summed E-state index contributed by atoms with van der Waals surface area (Å²) in [5.74, 6) is 1.17. The largest absolute Gasteiger partial charge is 0.490 e. The minimum absolute atomic E-state index is 0.258. The number of halogens is 1. The van der Waals surface area contributed by atoms with Gasteiger partial charge in [-0.25, -0.2) is 0 Å². The normalized spacial score (nSPS) is 15.3. The summed E-state index contributed by atoms with van der Waals surface area (Å²) in [4.78, 5) is 11.2. The van der Waals surface area contributed by atoms with Crippen LogP contribution >= 0.6 is 15.9 Å². The Morgan fingerprint density at radius 1 is 1.40 bits per heavy atom. The minimum Gasteiger partial charge on any atom is -0.490 e. The van der Waals surface area contributed by atoms with Crippen molar-refractivity contribution in [3.8, 4) is 11.5 Å². The van der Waals surface area contributed by atoms with E-state index < -0.39 is 0 Å². The number of carbonyl (C=O) groups is 1. The van der Waals surface area contributed by atoms with Crippen LogP contribution in [-0.4, -0.2) is 26.3 Å². The molecule has 1 heterocycles. The van der Waals surface area contributed by atoms with Crippen LogP contribution in [0.2, 0.25) is 0 Å². The van der Waals surface area contributed by atoms with E-state index in [4.69, 9.17) is 15.2 Å². The molecule has 2 N–H and O–H groups in total. The third kappa shape index (κ3) is 3.64. The topological polar surface area (TPSA) is 70.8 Å². The van der Waals surface area contributed by atoms with Gasteiger partial charge in [-0.3, -0.25) is 4.79 Å². The Morgan fingerprint density at radius 2 is 2.05 bits per heavy atom. The van der Waals surface area contributed by atoms with Gasteiger partial charge in [0.15, 0.2) is 11.5 Å². The van der Waals surface area contributed by atoms with Crippen molar-refractivity contribution in [1.82, 2.24) is 0 Å². The molecule has 0 bridgehead atoms. The summed E-state index contributed by atoms with van der Waals surface area (Å²) in [7, 11) is 1.37. The van der Waals surface area contributed by atoms with Crippen LogP contribution in [0.1, 0.15) is 30.9 Å². The Hall–Kier alpha value is -1.27. The molecule has 0 saturated carbocycles. The van der Waals surface area contributed by atoms with Crippen molar-refractivity contribution in [2.24, 2.45) is 5.73 Å². The summed E-state index contributed by atoms with van der Waals surface area (Å²) in [5, 5.41) is 0. The number of esters is 1. The molecule has 1 aliphatic rings. The second kappa shape index (κ2) is 6.95. The van der Waals surface area contributed by atoms with E-state index in [0.717, 1.165) is 22.2 Å². The van der Waals surface area contributed by atoms with E-state index in [-0.39, 0.29) is 12.0 Å². The molecule has 1 unspecified atom stereocenters. The van der Waals surface area contributed by atoms with Crippen LogP contribution in [-0.2, 0) is 9.53 Å². The number of ether oxygens (including phenoxy) is 3. The lowest BCUT2D eigenvalue weighted by atomic mass is 10.0. The molecule has 0 radical (unpaired) electrons. The number of hydrogen-bond donors (Lipinski definition) is 1. The summed E-state index contributed by atoms with van der Waals surface area (Å²) in [5.41, 5.74) is 7.04. The van der Waals surface area contributed by atoms with E-state index in [1.807, 2.05) is 12.1 Å². The van der Waals surface area contributed by atoms with Crippen molar-refractivity contribution in [1.29, 1.82) is 0 Å². The first-order chi connectivity index (χ1) is 9.61. The Kier molecular flexibility index (Phi) is 5.25. The maximum Gasteiger partial charge on any atom is 0.305 e. The first-order valence-corrected chi connectivity index (χ1v) is 7.32. The zero-order chi connectivity index (χ0) is 14.5. The van der Waals surface area contributed by atoms with Crippen LogP contribution in [0.4, 0.5) is 0 Å². The van der Waals surface area contributed by atoms with Crippen LogP contribution < -0.4 is 15.2 Å². The number of hydrogen-bond acceptors (Lipinski definition) is 5. The molecule has 20 heavy (non-hydrogen) atoms. The smallest absolute Gasteiger partial charge is 0.305 e. The van der Waals surface area contributed by atoms with Gasteiger partial charge >= 0.3 is 5.97 Å². The Balaban J connectivity index is 2.14. The van der Waals surface area contributed by atoms with Gasteiger partial charge in [-0.2, -0.15) is 0 Å². The monoisotopic (exact) mass is 343 g/mol. The highest BCUT2D eigenvalue weighted by Gasteiger charge is 2.18.